The Hall–Kier alpha value is -0.820. The number of ether oxygens (including phenoxy) is 1. The molecule has 0 atom stereocenters. The Morgan fingerprint density at radius 2 is 1.95 bits per heavy atom. The molecule has 1 fully saturated rings. The third-order valence-electron chi connectivity index (χ3n) is 4.11. The fraction of sp³-hybridized carbons (Fsp3) is 0.600. The molecule has 0 amide bonds. The molecule has 2 rings (SSSR count). The van der Waals surface area contributed by atoms with Crippen LogP contribution in [0.25, 0.3) is 0 Å². The zero-order valence-corrected chi connectivity index (χ0v) is 14.9. The van der Waals surface area contributed by atoms with Gasteiger partial charge in [0.1, 0.15) is 10.6 Å². The summed E-state index contributed by atoms with van der Waals surface area (Å²) in [5.74, 6) is 0.378. The van der Waals surface area contributed by atoms with E-state index in [9.17, 15) is 8.42 Å². The van der Waals surface area contributed by atoms with Gasteiger partial charge in [-0.25, -0.2) is 13.1 Å². The van der Waals surface area contributed by atoms with E-state index in [1.54, 1.807) is 12.1 Å². The monoisotopic (exact) mass is 348 g/mol. The lowest BCUT2D eigenvalue weighted by molar-refractivity contribution is 0.232. The molecule has 0 saturated carbocycles. The van der Waals surface area contributed by atoms with E-state index in [-0.39, 0.29) is 22.7 Å². The van der Waals surface area contributed by atoms with Gasteiger partial charge in [-0.3, -0.25) is 0 Å². The van der Waals surface area contributed by atoms with Gasteiger partial charge < -0.3 is 10.1 Å². The van der Waals surface area contributed by atoms with E-state index in [1.165, 1.54) is 7.11 Å². The highest BCUT2D eigenvalue weighted by atomic mass is 35.5. The predicted octanol–water partition coefficient (Wildman–Crippen LogP) is 2.09. The van der Waals surface area contributed by atoms with Gasteiger partial charge >= 0.3 is 0 Å². The molecule has 0 bridgehead atoms. The number of aryl methyl sites for hydroxylation is 1. The second kappa shape index (κ2) is 7.64. The summed E-state index contributed by atoms with van der Waals surface area (Å²) in [6.45, 7) is 6.32. The molecule has 1 aromatic rings. The zero-order chi connectivity index (χ0) is 15.5. The molecule has 0 spiro atoms. The molecule has 0 unspecified atom stereocenters. The number of hydrogen-bond acceptors (Lipinski definition) is 4. The van der Waals surface area contributed by atoms with Gasteiger partial charge in [-0.15, -0.1) is 12.4 Å². The average molecular weight is 349 g/mol. The van der Waals surface area contributed by atoms with Gasteiger partial charge in [0.25, 0.3) is 0 Å². The quantitative estimate of drug-likeness (QED) is 0.855. The molecule has 0 aliphatic carbocycles. The Balaban J connectivity index is 0.00000242. The molecule has 126 valence electrons. The summed E-state index contributed by atoms with van der Waals surface area (Å²) in [6, 6.07) is 5.17. The molecule has 1 aromatic carbocycles. The van der Waals surface area contributed by atoms with Crippen LogP contribution < -0.4 is 14.8 Å². The zero-order valence-electron chi connectivity index (χ0n) is 13.3. The Morgan fingerprint density at radius 1 is 1.32 bits per heavy atom. The maximum atomic E-state index is 12.5. The van der Waals surface area contributed by atoms with E-state index < -0.39 is 10.0 Å². The van der Waals surface area contributed by atoms with Gasteiger partial charge in [0.05, 0.1) is 7.11 Å². The van der Waals surface area contributed by atoms with Gasteiger partial charge in [0.2, 0.25) is 10.0 Å². The molecule has 22 heavy (non-hydrogen) atoms. The number of rotatable bonds is 5. The Labute approximate surface area is 139 Å². The van der Waals surface area contributed by atoms with Gasteiger partial charge in [0, 0.05) is 6.54 Å². The Bertz CT molecular complexity index is 599. The first-order valence-corrected chi connectivity index (χ1v) is 8.70. The molecule has 1 heterocycles. The number of benzene rings is 1. The van der Waals surface area contributed by atoms with Gasteiger partial charge in [-0.2, -0.15) is 0 Å². The summed E-state index contributed by atoms with van der Waals surface area (Å²) < 4.78 is 33.0. The molecule has 1 aliphatic rings. The second-order valence-corrected chi connectivity index (χ2v) is 7.77. The SMILES string of the molecule is COc1ccc(C)cc1S(=O)(=O)NCC1(C)CCNCC1.Cl. The smallest absolute Gasteiger partial charge is 0.244 e. The van der Waals surface area contributed by atoms with Crippen molar-refractivity contribution in [1.29, 1.82) is 0 Å². The standard InChI is InChI=1S/C15H24N2O3S.ClH/c1-12-4-5-13(20-3)14(10-12)21(18,19)17-11-15(2)6-8-16-9-7-15;/h4-5,10,16-17H,6-9,11H2,1-3H3;1H. The topological polar surface area (TPSA) is 67.4 Å². The van der Waals surface area contributed by atoms with E-state index in [0.717, 1.165) is 31.5 Å². The molecule has 0 aromatic heterocycles. The number of methoxy groups -OCH3 is 1. The minimum absolute atomic E-state index is 0. The molecule has 7 heteroatoms. The van der Waals surface area contributed by atoms with E-state index in [4.69, 9.17) is 4.74 Å². The van der Waals surface area contributed by atoms with E-state index >= 15 is 0 Å². The van der Waals surface area contributed by atoms with Gasteiger partial charge in [-0.1, -0.05) is 13.0 Å². The minimum atomic E-state index is -3.56. The summed E-state index contributed by atoms with van der Waals surface area (Å²) >= 11 is 0. The summed E-state index contributed by atoms with van der Waals surface area (Å²) in [5, 5.41) is 3.30. The van der Waals surface area contributed by atoms with E-state index in [1.807, 2.05) is 13.0 Å². The average Bonchev–Trinajstić information content (AvgIpc) is 2.46. The first kappa shape index (κ1) is 19.2. The van der Waals surface area contributed by atoms with Crippen LogP contribution in [0.2, 0.25) is 0 Å². The fourth-order valence-corrected chi connectivity index (χ4v) is 4.00. The van der Waals surface area contributed by atoms with Crippen molar-refractivity contribution in [2.45, 2.75) is 31.6 Å². The number of nitrogens with one attached hydrogen (secondary N) is 2. The second-order valence-electron chi connectivity index (χ2n) is 6.04. The molecule has 1 saturated heterocycles. The van der Waals surface area contributed by atoms with Crippen LogP contribution in [0.1, 0.15) is 25.3 Å². The summed E-state index contributed by atoms with van der Waals surface area (Å²) in [6.07, 6.45) is 1.95. The number of piperidine rings is 1. The van der Waals surface area contributed by atoms with Crippen molar-refractivity contribution in [3.8, 4) is 5.75 Å². The Kier molecular flexibility index (Phi) is 6.67. The predicted molar refractivity (Wildman–Crippen MR) is 90.4 cm³/mol. The van der Waals surface area contributed by atoms with Crippen LogP contribution >= 0.6 is 12.4 Å². The lowest BCUT2D eigenvalue weighted by Gasteiger charge is -2.34. The maximum Gasteiger partial charge on any atom is 0.244 e. The van der Waals surface area contributed by atoms with E-state index in [0.29, 0.717) is 12.3 Å². The first-order valence-electron chi connectivity index (χ1n) is 7.21. The molecule has 1 aliphatic heterocycles. The van der Waals surface area contributed by atoms with Crippen LogP contribution in [0.15, 0.2) is 23.1 Å². The molecular formula is C15H25ClN2O3S. The molecule has 5 nitrogen and oxygen atoms in total. The fourth-order valence-electron chi connectivity index (χ4n) is 2.55. The van der Waals surface area contributed by atoms with Crippen LogP contribution in [0.5, 0.6) is 5.75 Å². The van der Waals surface area contributed by atoms with Crippen LogP contribution in [-0.2, 0) is 10.0 Å². The van der Waals surface area contributed by atoms with Crippen LogP contribution in [0.4, 0.5) is 0 Å². The highest BCUT2D eigenvalue weighted by Crippen LogP contribution is 2.29. The van der Waals surface area contributed by atoms with Crippen molar-refractivity contribution in [3.05, 3.63) is 23.8 Å². The number of halogens is 1. The van der Waals surface area contributed by atoms with Crippen molar-refractivity contribution in [2.75, 3.05) is 26.7 Å². The van der Waals surface area contributed by atoms with Crippen LogP contribution in [0.3, 0.4) is 0 Å². The van der Waals surface area contributed by atoms with Crippen LogP contribution in [-0.4, -0.2) is 35.2 Å². The number of sulfonamides is 1. The maximum absolute atomic E-state index is 12.5. The minimum Gasteiger partial charge on any atom is -0.495 e. The lowest BCUT2D eigenvalue weighted by Crippen LogP contribution is -2.42. The van der Waals surface area contributed by atoms with Crippen molar-refractivity contribution in [2.24, 2.45) is 5.41 Å². The van der Waals surface area contributed by atoms with Gasteiger partial charge in [0.15, 0.2) is 0 Å². The van der Waals surface area contributed by atoms with Crippen molar-refractivity contribution < 1.29 is 13.2 Å². The van der Waals surface area contributed by atoms with Crippen molar-refractivity contribution >= 4 is 22.4 Å². The normalized spacial score (nSPS) is 17.6. The number of hydrogen-bond donors (Lipinski definition) is 2. The summed E-state index contributed by atoms with van der Waals surface area (Å²) in [4.78, 5) is 0.211. The molecule has 0 radical (unpaired) electrons. The third kappa shape index (κ3) is 4.59. The van der Waals surface area contributed by atoms with E-state index in [2.05, 4.69) is 17.0 Å². The summed E-state index contributed by atoms with van der Waals surface area (Å²) in [7, 11) is -2.07. The first-order chi connectivity index (χ1) is 9.86. The molecule has 2 N–H and O–H groups in total. The van der Waals surface area contributed by atoms with Crippen LogP contribution in [0, 0.1) is 12.3 Å². The Morgan fingerprint density at radius 3 is 2.55 bits per heavy atom. The van der Waals surface area contributed by atoms with Gasteiger partial charge in [-0.05, 0) is 56.0 Å². The lowest BCUT2D eigenvalue weighted by atomic mass is 9.81. The summed E-state index contributed by atoms with van der Waals surface area (Å²) in [5.41, 5.74) is 0.902. The highest BCUT2D eigenvalue weighted by Gasteiger charge is 2.29. The third-order valence-corrected chi connectivity index (χ3v) is 5.53. The highest BCUT2D eigenvalue weighted by molar-refractivity contribution is 7.89. The van der Waals surface area contributed by atoms with Crippen molar-refractivity contribution in [3.63, 3.8) is 0 Å². The largest absolute Gasteiger partial charge is 0.495 e. The molecular weight excluding hydrogens is 324 g/mol. The van der Waals surface area contributed by atoms with Crippen molar-refractivity contribution in [1.82, 2.24) is 10.0 Å².